The molecule has 0 aromatic carbocycles. The average molecular weight is 238 g/mol. The summed E-state index contributed by atoms with van der Waals surface area (Å²) in [6.45, 7) is 7.85. The van der Waals surface area contributed by atoms with E-state index in [9.17, 15) is 4.79 Å². The molecule has 5 heteroatoms. The molecule has 2 rings (SSSR count). The van der Waals surface area contributed by atoms with Crippen molar-refractivity contribution in [2.45, 2.75) is 33.7 Å². The van der Waals surface area contributed by atoms with Gasteiger partial charge >= 0.3 is 5.97 Å². The van der Waals surface area contributed by atoms with Crippen molar-refractivity contribution in [3.63, 3.8) is 0 Å². The number of aromatic nitrogens is 2. The number of carbonyl (C=O) groups is 1. The van der Waals surface area contributed by atoms with Gasteiger partial charge in [-0.1, -0.05) is 13.8 Å². The van der Waals surface area contributed by atoms with Crippen molar-refractivity contribution >= 4 is 5.97 Å². The summed E-state index contributed by atoms with van der Waals surface area (Å²) in [6, 6.07) is 1.65. The van der Waals surface area contributed by atoms with Gasteiger partial charge in [-0.05, 0) is 13.3 Å². The van der Waals surface area contributed by atoms with Gasteiger partial charge in [-0.2, -0.15) is 5.10 Å². The molecule has 1 aromatic heterocycles. The largest absolute Gasteiger partial charge is 0.477 e. The van der Waals surface area contributed by atoms with Crippen molar-refractivity contribution in [3.8, 4) is 5.88 Å². The zero-order valence-corrected chi connectivity index (χ0v) is 10.5. The van der Waals surface area contributed by atoms with Gasteiger partial charge in [0.15, 0.2) is 5.69 Å². The SMILES string of the molecule is CCOC(=O)c1cc2n(n1)CCC(C)(C)CO2. The van der Waals surface area contributed by atoms with Gasteiger partial charge in [0.05, 0.1) is 13.2 Å². The fourth-order valence-corrected chi connectivity index (χ4v) is 1.73. The van der Waals surface area contributed by atoms with E-state index in [0.29, 0.717) is 24.8 Å². The van der Waals surface area contributed by atoms with Crippen LogP contribution < -0.4 is 4.74 Å². The molecule has 0 N–H and O–H groups in total. The third-order valence-corrected chi connectivity index (χ3v) is 2.84. The molecule has 0 saturated heterocycles. The van der Waals surface area contributed by atoms with Crippen molar-refractivity contribution in [2.75, 3.05) is 13.2 Å². The van der Waals surface area contributed by atoms with Gasteiger partial charge in [-0.3, -0.25) is 0 Å². The van der Waals surface area contributed by atoms with Crippen LogP contribution in [0, 0.1) is 5.41 Å². The van der Waals surface area contributed by atoms with Crippen LogP contribution in [0.2, 0.25) is 0 Å². The number of fused-ring (bicyclic) bond motifs is 1. The number of carbonyl (C=O) groups excluding carboxylic acids is 1. The summed E-state index contributed by atoms with van der Waals surface area (Å²) in [6.07, 6.45) is 0.976. The molecule has 0 amide bonds. The quantitative estimate of drug-likeness (QED) is 0.738. The molecular weight excluding hydrogens is 220 g/mol. The molecule has 5 nitrogen and oxygen atoms in total. The van der Waals surface area contributed by atoms with Crippen LogP contribution in [0.4, 0.5) is 0 Å². The van der Waals surface area contributed by atoms with Crippen LogP contribution in [-0.2, 0) is 11.3 Å². The number of hydrogen-bond acceptors (Lipinski definition) is 4. The predicted octanol–water partition coefficient (Wildman–Crippen LogP) is 1.87. The first kappa shape index (κ1) is 12.0. The topological polar surface area (TPSA) is 53.4 Å². The minimum atomic E-state index is -0.393. The second-order valence-electron chi connectivity index (χ2n) is 5.01. The molecule has 0 bridgehead atoms. The van der Waals surface area contributed by atoms with E-state index in [1.165, 1.54) is 0 Å². The van der Waals surface area contributed by atoms with Crippen LogP contribution in [0.25, 0.3) is 0 Å². The lowest BCUT2D eigenvalue weighted by atomic mass is 9.91. The zero-order chi connectivity index (χ0) is 12.5. The van der Waals surface area contributed by atoms with Gasteiger partial charge in [-0.15, -0.1) is 0 Å². The Balaban J connectivity index is 2.16. The Labute approximate surface area is 101 Å². The summed E-state index contributed by atoms with van der Waals surface area (Å²) in [4.78, 5) is 11.5. The van der Waals surface area contributed by atoms with Crippen molar-refractivity contribution in [1.29, 1.82) is 0 Å². The number of ether oxygens (including phenoxy) is 2. The van der Waals surface area contributed by atoms with Crippen LogP contribution in [0.5, 0.6) is 5.88 Å². The maximum Gasteiger partial charge on any atom is 0.358 e. The van der Waals surface area contributed by atoms with Gasteiger partial charge in [-0.25, -0.2) is 9.48 Å². The highest BCUT2D eigenvalue weighted by Gasteiger charge is 2.26. The molecule has 0 fully saturated rings. The highest BCUT2D eigenvalue weighted by atomic mass is 16.5. The van der Waals surface area contributed by atoms with Crippen LogP contribution >= 0.6 is 0 Å². The molecule has 1 aromatic rings. The Kier molecular flexibility index (Phi) is 3.09. The van der Waals surface area contributed by atoms with E-state index in [1.807, 2.05) is 0 Å². The van der Waals surface area contributed by atoms with Gasteiger partial charge in [0.25, 0.3) is 0 Å². The first-order chi connectivity index (χ1) is 8.02. The lowest BCUT2D eigenvalue weighted by molar-refractivity contribution is 0.0518. The van der Waals surface area contributed by atoms with E-state index >= 15 is 0 Å². The number of esters is 1. The Morgan fingerprint density at radius 2 is 2.41 bits per heavy atom. The molecule has 17 heavy (non-hydrogen) atoms. The molecule has 0 saturated carbocycles. The number of hydrogen-bond donors (Lipinski definition) is 0. The Bertz CT molecular complexity index is 396. The summed E-state index contributed by atoms with van der Waals surface area (Å²) in [5.41, 5.74) is 0.465. The van der Waals surface area contributed by atoms with Gasteiger partial charge in [0, 0.05) is 18.0 Å². The lowest BCUT2D eigenvalue weighted by Gasteiger charge is -2.20. The van der Waals surface area contributed by atoms with Crippen molar-refractivity contribution in [1.82, 2.24) is 9.78 Å². The smallest absolute Gasteiger partial charge is 0.358 e. The van der Waals surface area contributed by atoms with Crippen molar-refractivity contribution in [3.05, 3.63) is 11.8 Å². The third kappa shape index (κ3) is 2.60. The molecule has 0 aliphatic carbocycles. The lowest BCUT2D eigenvalue weighted by Crippen LogP contribution is -2.20. The average Bonchev–Trinajstić information content (AvgIpc) is 2.62. The summed E-state index contributed by atoms with van der Waals surface area (Å²) in [7, 11) is 0. The van der Waals surface area contributed by atoms with E-state index in [-0.39, 0.29) is 5.41 Å². The summed E-state index contributed by atoms with van der Waals surface area (Å²) >= 11 is 0. The number of aryl methyl sites for hydroxylation is 1. The Morgan fingerprint density at radius 1 is 1.65 bits per heavy atom. The second kappa shape index (κ2) is 4.39. The normalized spacial score (nSPS) is 17.8. The molecule has 0 spiro atoms. The van der Waals surface area contributed by atoms with Crippen molar-refractivity contribution in [2.24, 2.45) is 5.41 Å². The highest BCUT2D eigenvalue weighted by molar-refractivity contribution is 5.87. The highest BCUT2D eigenvalue weighted by Crippen LogP contribution is 2.28. The van der Waals surface area contributed by atoms with E-state index in [4.69, 9.17) is 9.47 Å². The van der Waals surface area contributed by atoms with Gasteiger partial charge in [0.1, 0.15) is 0 Å². The molecule has 2 heterocycles. The molecule has 0 atom stereocenters. The molecule has 1 aliphatic rings. The first-order valence-corrected chi connectivity index (χ1v) is 5.89. The minimum absolute atomic E-state index is 0.144. The molecule has 94 valence electrons. The van der Waals surface area contributed by atoms with E-state index in [0.717, 1.165) is 13.0 Å². The number of nitrogens with zero attached hydrogens (tertiary/aromatic N) is 2. The van der Waals surface area contributed by atoms with Gasteiger partial charge in [0.2, 0.25) is 5.88 Å². The third-order valence-electron chi connectivity index (χ3n) is 2.84. The maximum absolute atomic E-state index is 11.5. The maximum atomic E-state index is 11.5. The van der Waals surface area contributed by atoms with E-state index in [1.54, 1.807) is 17.7 Å². The van der Waals surface area contributed by atoms with Crippen LogP contribution in [0.15, 0.2) is 6.07 Å². The van der Waals surface area contributed by atoms with E-state index in [2.05, 4.69) is 18.9 Å². The number of rotatable bonds is 2. The standard InChI is InChI=1S/C12H18N2O3/c1-4-16-11(15)9-7-10-14(13-9)6-5-12(2,3)8-17-10/h7H,4-6,8H2,1-3H3. The summed E-state index contributed by atoms with van der Waals surface area (Å²) < 4.78 is 12.3. The first-order valence-electron chi connectivity index (χ1n) is 5.89. The minimum Gasteiger partial charge on any atom is -0.477 e. The Morgan fingerprint density at radius 3 is 3.12 bits per heavy atom. The summed E-state index contributed by atoms with van der Waals surface area (Å²) in [5, 5.41) is 4.21. The molecule has 0 unspecified atom stereocenters. The molecular formula is C12H18N2O3. The van der Waals surface area contributed by atoms with Gasteiger partial charge < -0.3 is 9.47 Å². The monoisotopic (exact) mass is 238 g/mol. The van der Waals surface area contributed by atoms with Crippen molar-refractivity contribution < 1.29 is 14.3 Å². The van der Waals surface area contributed by atoms with Crippen LogP contribution in [-0.4, -0.2) is 29.0 Å². The second-order valence-corrected chi connectivity index (χ2v) is 5.01. The molecule has 0 radical (unpaired) electrons. The Hall–Kier alpha value is -1.52. The predicted molar refractivity (Wildman–Crippen MR) is 62.1 cm³/mol. The van der Waals surface area contributed by atoms with E-state index < -0.39 is 5.97 Å². The van der Waals surface area contributed by atoms with Crippen LogP contribution in [0.3, 0.4) is 0 Å². The fraction of sp³-hybridized carbons (Fsp3) is 0.667. The fourth-order valence-electron chi connectivity index (χ4n) is 1.73. The summed E-state index contributed by atoms with van der Waals surface area (Å²) in [5.74, 6) is 0.259. The molecule has 1 aliphatic heterocycles. The van der Waals surface area contributed by atoms with Crippen LogP contribution in [0.1, 0.15) is 37.7 Å². The zero-order valence-electron chi connectivity index (χ0n) is 10.5.